The summed E-state index contributed by atoms with van der Waals surface area (Å²) in [5.41, 5.74) is 2.79. The molecule has 6 heteroatoms. The summed E-state index contributed by atoms with van der Waals surface area (Å²) in [4.78, 5) is 7.47. The van der Waals surface area contributed by atoms with Gasteiger partial charge in [-0.05, 0) is 13.3 Å². The van der Waals surface area contributed by atoms with Crippen LogP contribution in [0.5, 0.6) is 0 Å². The van der Waals surface area contributed by atoms with E-state index in [1.54, 1.807) is 6.20 Å². The van der Waals surface area contributed by atoms with E-state index in [-0.39, 0.29) is 0 Å². The Labute approximate surface area is 92.0 Å². The first-order valence-electron chi connectivity index (χ1n) is 4.68. The Morgan fingerprint density at radius 3 is 2.87 bits per heavy atom. The van der Waals surface area contributed by atoms with Crippen LogP contribution in [-0.2, 0) is 6.42 Å². The van der Waals surface area contributed by atoms with E-state index in [0.717, 1.165) is 17.7 Å². The average molecular weight is 221 g/mol. The van der Waals surface area contributed by atoms with Crippen molar-refractivity contribution in [1.29, 1.82) is 0 Å². The second-order valence-electron chi connectivity index (χ2n) is 3.20. The molecule has 2 aromatic heterocycles. The average Bonchev–Trinajstić information content (AvgIpc) is 2.75. The van der Waals surface area contributed by atoms with Crippen LogP contribution in [0.4, 0.5) is 0 Å². The molecule has 0 saturated heterocycles. The van der Waals surface area contributed by atoms with Gasteiger partial charge in [0.25, 0.3) is 0 Å². The van der Waals surface area contributed by atoms with Gasteiger partial charge >= 0.3 is 0 Å². The Morgan fingerprint density at radius 2 is 2.27 bits per heavy atom. The fraction of sp³-hybridized carbons (Fsp3) is 0.333. The molecule has 0 aliphatic carbocycles. The van der Waals surface area contributed by atoms with Gasteiger partial charge in [0, 0.05) is 11.3 Å². The minimum absolute atomic E-state index is 0.614. The smallest absolute Gasteiger partial charge is 0.161 e. The van der Waals surface area contributed by atoms with Gasteiger partial charge in [-0.1, -0.05) is 19.1 Å². The molecule has 0 atom stereocenters. The van der Waals surface area contributed by atoms with Crippen molar-refractivity contribution < 1.29 is 0 Å². The minimum Gasteiger partial charge on any atom is -0.341 e. The van der Waals surface area contributed by atoms with E-state index in [9.17, 15) is 0 Å². The zero-order chi connectivity index (χ0) is 10.8. The number of hydrogen-bond donors (Lipinski definition) is 2. The van der Waals surface area contributed by atoms with Gasteiger partial charge in [0.1, 0.15) is 10.3 Å². The second kappa shape index (κ2) is 3.90. The first-order chi connectivity index (χ1) is 7.22. The Hall–Kier alpha value is -1.56. The topological polar surface area (TPSA) is 70.2 Å². The van der Waals surface area contributed by atoms with Crippen molar-refractivity contribution in [2.75, 3.05) is 0 Å². The Morgan fingerprint density at radius 1 is 1.47 bits per heavy atom. The lowest BCUT2D eigenvalue weighted by Gasteiger charge is -2.05. The fourth-order valence-corrected chi connectivity index (χ4v) is 1.58. The van der Waals surface area contributed by atoms with Crippen LogP contribution >= 0.6 is 12.2 Å². The monoisotopic (exact) mass is 221 g/mol. The second-order valence-corrected chi connectivity index (χ2v) is 3.59. The van der Waals surface area contributed by atoms with Crippen LogP contribution in [0.25, 0.3) is 11.5 Å². The summed E-state index contributed by atoms with van der Waals surface area (Å²) in [6.07, 6.45) is 2.51. The van der Waals surface area contributed by atoms with Gasteiger partial charge in [0.2, 0.25) is 0 Å². The normalized spacial score (nSPS) is 10.5. The molecule has 2 rings (SSSR count). The van der Waals surface area contributed by atoms with Crippen LogP contribution < -0.4 is 0 Å². The van der Waals surface area contributed by atoms with Gasteiger partial charge in [0.05, 0.1) is 6.20 Å². The third-order valence-electron chi connectivity index (χ3n) is 2.27. The zero-order valence-electron chi connectivity index (χ0n) is 8.53. The molecule has 15 heavy (non-hydrogen) atoms. The Balaban J connectivity index is 2.61. The highest BCUT2D eigenvalue weighted by Gasteiger charge is 2.07. The third kappa shape index (κ3) is 1.80. The number of aryl methyl sites for hydroxylation is 1. The van der Waals surface area contributed by atoms with Crippen molar-refractivity contribution in [3.05, 3.63) is 22.1 Å². The minimum atomic E-state index is 0.614. The number of nitrogens with one attached hydrogen (secondary N) is 2. The molecule has 0 unspecified atom stereocenters. The summed E-state index contributed by atoms with van der Waals surface area (Å²) in [7, 11) is 0. The molecule has 78 valence electrons. The van der Waals surface area contributed by atoms with Crippen molar-refractivity contribution in [1.82, 2.24) is 25.4 Å². The third-order valence-corrected chi connectivity index (χ3v) is 2.66. The standard InChI is InChI=1S/C9H11N5S/c1-3-6-5(2)9(15)12-8(11-6)7-4-10-14-13-7/h4H,3H2,1-2H3,(H,10,13,14)(H,11,12,15). The highest BCUT2D eigenvalue weighted by molar-refractivity contribution is 7.71. The molecular weight excluding hydrogens is 210 g/mol. The van der Waals surface area contributed by atoms with Crippen LogP contribution in [-0.4, -0.2) is 25.4 Å². The molecule has 0 bridgehead atoms. The predicted octanol–water partition coefficient (Wildman–Crippen LogP) is 1.80. The summed E-state index contributed by atoms with van der Waals surface area (Å²) in [6.45, 7) is 4.04. The number of aromatic nitrogens is 5. The first-order valence-corrected chi connectivity index (χ1v) is 5.09. The van der Waals surface area contributed by atoms with E-state index < -0.39 is 0 Å². The molecule has 0 aromatic carbocycles. The molecule has 0 aliphatic rings. The van der Waals surface area contributed by atoms with Crippen molar-refractivity contribution in [2.45, 2.75) is 20.3 Å². The van der Waals surface area contributed by atoms with Gasteiger partial charge < -0.3 is 4.98 Å². The predicted molar refractivity (Wildman–Crippen MR) is 58.9 cm³/mol. The molecule has 0 spiro atoms. The van der Waals surface area contributed by atoms with Gasteiger partial charge in [-0.15, -0.1) is 0 Å². The summed E-state index contributed by atoms with van der Waals surface area (Å²) in [5.74, 6) is 0.663. The fourth-order valence-electron chi connectivity index (χ4n) is 1.37. The molecule has 0 fully saturated rings. The zero-order valence-corrected chi connectivity index (χ0v) is 9.35. The molecule has 2 heterocycles. The number of H-pyrrole nitrogens is 2. The molecule has 5 nitrogen and oxygen atoms in total. The maximum Gasteiger partial charge on any atom is 0.161 e. The van der Waals surface area contributed by atoms with Crippen LogP contribution in [0, 0.1) is 11.6 Å². The molecule has 0 radical (unpaired) electrons. The highest BCUT2D eigenvalue weighted by Crippen LogP contribution is 2.13. The maximum absolute atomic E-state index is 5.18. The van der Waals surface area contributed by atoms with Crippen molar-refractivity contribution in [3.8, 4) is 11.5 Å². The van der Waals surface area contributed by atoms with Gasteiger partial charge in [0.15, 0.2) is 5.82 Å². The number of hydrogen-bond acceptors (Lipinski definition) is 4. The highest BCUT2D eigenvalue weighted by atomic mass is 32.1. The molecule has 0 amide bonds. The molecular formula is C9H11N5S. The molecule has 2 N–H and O–H groups in total. The van der Waals surface area contributed by atoms with Crippen LogP contribution in [0.3, 0.4) is 0 Å². The SMILES string of the molecule is CCc1[nH]c(-c2cn[nH]n2)nc(=S)c1C. The van der Waals surface area contributed by atoms with E-state index >= 15 is 0 Å². The molecule has 0 aliphatic heterocycles. The Kier molecular flexibility index (Phi) is 2.59. The number of rotatable bonds is 2. The van der Waals surface area contributed by atoms with Crippen LogP contribution in [0.15, 0.2) is 6.20 Å². The van der Waals surface area contributed by atoms with Gasteiger partial charge in [-0.2, -0.15) is 15.4 Å². The number of aromatic amines is 2. The van der Waals surface area contributed by atoms with Gasteiger partial charge in [-0.3, -0.25) is 0 Å². The maximum atomic E-state index is 5.18. The van der Waals surface area contributed by atoms with Crippen molar-refractivity contribution in [2.24, 2.45) is 0 Å². The largest absolute Gasteiger partial charge is 0.341 e. The first kappa shape index (κ1) is 9.97. The summed E-state index contributed by atoms with van der Waals surface area (Å²) < 4.78 is 0.614. The lowest BCUT2D eigenvalue weighted by Crippen LogP contribution is -1.99. The van der Waals surface area contributed by atoms with E-state index in [0.29, 0.717) is 16.2 Å². The van der Waals surface area contributed by atoms with E-state index in [2.05, 4.69) is 32.3 Å². The lowest BCUT2D eigenvalue weighted by atomic mass is 10.2. The van der Waals surface area contributed by atoms with Gasteiger partial charge in [-0.25, -0.2) is 4.98 Å². The quantitative estimate of drug-likeness (QED) is 0.758. The summed E-state index contributed by atoms with van der Waals surface area (Å²) >= 11 is 5.18. The summed E-state index contributed by atoms with van der Waals surface area (Å²) in [6, 6.07) is 0. The van der Waals surface area contributed by atoms with E-state index in [1.807, 2.05) is 6.92 Å². The molecule has 0 saturated carbocycles. The lowest BCUT2D eigenvalue weighted by molar-refractivity contribution is 0.928. The Bertz CT molecular complexity index is 514. The molecule has 2 aromatic rings. The van der Waals surface area contributed by atoms with Crippen molar-refractivity contribution >= 4 is 12.2 Å². The van der Waals surface area contributed by atoms with Crippen LogP contribution in [0.1, 0.15) is 18.2 Å². The van der Waals surface area contributed by atoms with E-state index in [4.69, 9.17) is 12.2 Å². The van der Waals surface area contributed by atoms with Crippen molar-refractivity contribution in [3.63, 3.8) is 0 Å². The van der Waals surface area contributed by atoms with E-state index in [1.165, 1.54) is 0 Å². The number of nitrogens with zero attached hydrogens (tertiary/aromatic N) is 3. The van der Waals surface area contributed by atoms with Crippen LogP contribution in [0.2, 0.25) is 0 Å². The summed E-state index contributed by atoms with van der Waals surface area (Å²) in [5, 5.41) is 10.2.